The molecule has 0 N–H and O–H groups in total. The Morgan fingerprint density at radius 1 is 1.30 bits per heavy atom. The van der Waals surface area contributed by atoms with Crippen molar-refractivity contribution in [2.24, 2.45) is 0 Å². The number of hydrogen-bond donors (Lipinski definition) is 0. The summed E-state index contributed by atoms with van der Waals surface area (Å²) in [6, 6.07) is 6.73. The van der Waals surface area contributed by atoms with Crippen molar-refractivity contribution in [3.63, 3.8) is 0 Å². The van der Waals surface area contributed by atoms with E-state index in [1.165, 1.54) is 23.3 Å². The minimum atomic E-state index is 0.195. The summed E-state index contributed by atoms with van der Waals surface area (Å²) in [5.74, 6) is 1.34. The van der Waals surface area contributed by atoms with Gasteiger partial charge in [-0.2, -0.15) is 0 Å². The number of carbonyl (C=O) groups excluding carboxylic acids is 1. The van der Waals surface area contributed by atoms with Crippen molar-refractivity contribution >= 4 is 17.5 Å². The molecule has 2 nitrogen and oxygen atoms in total. The maximum atomic E-state index is 11.8. The predicted octanol–water partition coefficient (Wildman–Crippen LogP) is 4.03. The lowest BCUT2D eigenvalue weighted by Crippen LogP contribution is -2.41. The Balaban J connectivity index is 2.22. The highest BCUT2D eigenvalue weighted by Gasteiger charge is 2.26. The molecule has 1 aliphatic rings. The third kappa shape index (κ3) is 3.44. The summed E-state index contributed by atoms with van der Waals surface area (Å²) in [4.78, 5) is 15.7. The zero-order chi connectivity index (χ0) is 14.5. The van der Waals surface area contributed by atoms with Gasteiger partial charge in [-0.1, -0.05) is 26.0 Å². The minimum Gasteiger partial charge on any atom is -0.299 e. The third-order valence-corrected chi connectivity index (χ3v) is 5.17. The molecule has 20 heavy (non-hydrogen) atoms. The molecule has 2 rings (SSSR count). The van der Waals surface area contributed by atoms with Crippen LogP contribution in [0.25, 0.3) is 0 Å². The molecule has 1 atom stereocenters. The first-order valence-corrected chi connectivity index (χ1v) is 8.65. The highest BCUT2D eigenvalue weighted by molar-refractivity contribution is 7.99. The number of ketones is 1. The maximum Gasteiger partial charge on any atom is 0.160 e. The number of Topliss-reactive ketones (excluding diaryl/α,β-unsaturated/α-hetero) is 1. The summed E-state index contributed by atoms with van der Waals surface area (Å²) in [5, 5.41) is 0. The number of hydrogen-bond acceptors (Lipinski definition) is 3. The van der Waals surface area contributed by atoms with Gasteiger partial charge in [0.1, 0.15) is 0 Å². The highest BCUT2D eigenvalue weighted by atomic mass is 32.2. The fourth-order valence-electron chi connectivity index (χ4n) is 3.01. The van der Waals surface area contributed by atoms with Gasteiger partial charge in [-0.15, -0.1) is 11.8 Å². The van der Waals surface area contributed by atoms with Crippen LogP contribution in [0, 0.1) is 0 Å². The van der Waals surface area contributed by atoms with Gasteiger partial charge in [0.25, 0.3) is 0 Å². The van der Waals surface area contributed by atoms with E-state index in [-0.39, 0.29) is 5.78 Å². The molecule has 0 saturated heterocycles. The van der Waals surface area contributed by atoms with E-state index in [0.717, 1.165) is 30.8 Å². The molecule has 0 aromatic heterocycles. The molecule has 110 valence electrons. The Morgan fingerprint density at radius 3 is 2.60 bits per heavy atom. The van der Waals surface area contributed by atoms with Crippen molar-refractivity contribution in [1.29, 1.82) is 0 Å². The first kappa shape index (κ1) is 15.6. The van der Waals surface area contributed by atoms with Crippen molar-refractivity contribution in [3.8, 4) is 0 Å². The molecule has 1 aromatic carbocycles. The Morgan fingerprint density at radius 2 is 2.00 bits per heavy atom. The Hall–Kier alpha value is -0.800. The van der Waals surface area contributed by atoms with Crippen LogP contribution in [0.15, 0.2) is 23.1 Å². The van der Waals surface area contributed by atoms with Gasteiger partial charge in [0.05, 0.1) is 0 Å². The van der Waals surface area contributed by atoms with Crippen LogP contribution in [-0.2, 0) is 6.42 Å². The molecule has 0 saturated carbocycles. The van der Waals surface area contributed by atoms with Gasteiger partial charge >= 0.3 is 0 Å². The second-order valence-electron chi connectivity index (χ2n) is 5.54. The van der Waals surface area contributed by atoms with Crippen molar-refractivity contribution in [3.05, 3.63) is 29.3 Å². The number of thioether (sulfide) groups is 1. The van der Waals surface area contributed by atoms with E-state index in [2.05, 4.69) is 24.8 Å². The normalized spacial score (nSPS) is 18.1. The zero-order valence-corrected chi connectivity index (χ0v) is 13.6. The second kappa shape index (κ2) is 7.28. The lowest BCUT2D eigenvalue weighted by Gasteiger charge is -2.35. The molecule has 0 aliphatic carbocycles. The monoisotopic (exact) mass is 291 g/mol. The van der Waals surface area contributed by atoms with Crippen molar-refractivity contribution in [2.75, 3.05) is 18.8 Å². The largest absolute Gasteiger partial charge is 0.299 e. The average Bonchev–Trinajstić information content (AvgIpc) is 2.45. The molecule has 0 amide bonds. The fourth-order valence-corrected chi connectivity index (χ4v) is 4.25. The van der Waals surface area contributed by atoms with E-state index < -0.39 is 0 Å². The summed E-state index contributed by atoms with van der Waals surface area (Å²) in [5.41, 5.74) is 2.20. The van der Waals surface area contributed by atoms with E-state index in [9.17, 15) is 4.79 Å². The van der Waals surface area contributed by atoms with Crippen LogP contribution in [0.5, 0.6) is 0 Å². The summed E-state index contributed by atoms with van der Waals surface area (Å²) in [6.45, 7) is 8.49. The summed E-state index contributed by atoms with van der Waals surface area (Å²) < 4.78 is 0. The smallest absolute Gasteiger partial charge is 0.160 e. The standard InChI is InChI=1S/C17H25NOS/c1-4-9-18(10-5-2)14-11-16-15(13(3)19)7-6-8-17(16)20-12-14/h6-8,14H,4-5,9-12H2,1-3H3. The number of rotatable bonds is 6. The van der Waals surface area contributed by atoms with Crippen LogP contribution >= 0.6 is 11.8 Å². The van der Waals surface area contributed by atoms with Gasteiger partial charge < -0.3 is 0 Å². The molecule has 0 fully saturated rings. The highest BCUT2D eigenvalue weighted by Crippen LogP contribution is 2.34. The topological polar surface area (TPSA) is 20.3 Å². The van der Waals surface area contributed by atoms with Crippen molar-refractivity contribution in [2.45, 2.75) is 51.0 Å². The van der Waals surface area contributed by atoms with Crippen LogP contribution in [0.3, 0.4) is 0 Å². The molecule has 1 aliphatic heterocycles. The van der Waals surface area contributed by atoms with Crippen molar-refractivity contribution < 1.29 is 4.79 Å². The molecule has 0 bridgehead atoms. The van der Waals surface area contributed by atoms with E-state index in [1.54, 1.807) is 6.92 Å². The third-order valence-electron chi connectivity index (χ3n) is 3.92. The fraction of sp³-hybridized carbons (Fsp3) is 0.588. The minimum absolute atomic E-state index is 0.195. The van der Waals surface area contributed by atoms with Gasteiger partial charge in [-0.25, -0.2) is 0 Å². The second-order valence-corrected chi connectivity index (χ2v) is 6.61. The lowest BCUT2D eigenvalue weighted by atomic mass is 9.97. The summed E-state index contributed by atoms with van der Waals surface area (Å²) in [6.07, 6.45) is 3.42. The molecule has 0 radical (unpaired) electrons. The molecule has 3 heteroatoms. The summed E-state index contributed by atoms with van der Waals surface area (Å²) in [7, 11) is 0. The number of benzene rings is 1. The molecule has 1 aromatic rings. The first-order chi connectivity index (χ1) is 9.67. The van der Waals surface area contributed by atoms with Gasteiger partial charge in [-0.3, -0.25) is 9.69 Å². The number of nitrogens with zero attached hydrogens (tertiary/aromatic N) is 1. The van der Waals surface area contributed by atoms with Crippen LogP contribution in [-0.4, -0.2) is 35.6 Å². The number of carbonyl (C=O) groups is 1. The van der Waals surface area contributed by atoms with Crippen molar-refractivity contribution in [1.82, 2.24) is 4.90 Å². The van der Waals surface area contributed by atoms with Crippen LogP contribution in [0.4, 0.5) is 0 Å². The van der Waals surface area contributed by atoms with Gasteiger partial charge in [-0.05, 0) is 50.9 Å². The van der Waals surface area contributed by atoms with E-state index in [4.69, 9.17) is 0 Å². The predicted molar refractivity (Wildman–Crippen MR) is 86.8 cm³/mol. The van der Waals surface area contributed by atoms with Gasteiger partial charge in [0.15, 0.2) is 5.78 Å². The molecular formula is C17H25NOS. The van der Waals surface area contributed by atoms with Crippen LogP contribution < -0.4 is 0 Å². The first-order valence-electron chi connectivity index (χ1n) is 7.67. The van der Waals surface area contributed by atoms with Gasteiger partial charge in [0.2, 0.25) is 0 Å². The van der Waals surface area contributed by atoms with Crippen LogP contribution in [0.2, 0.25) is 0 Å². The number of fused-ring (bicyclic) bond motifs is 1. The van der Waals surface area contributed by atoms with E-state index >= 15 is 0 Å². The van der Waals surface area contributed by atoms with E-state index in [0.29, 0.717) is 6.04 Å². The lowest BCUT2D eigenvalue weighted by molar-refractivity contribution is 0.101. The molecular weight excluding hydrogens is 266 g/mol. The van der Waals surface area contributed by atoms with Gasteiger partial charge in [0, 0.05) is 22.3 Å². The quantitative estimate of drug-likeness (QED) is 0.738. The average molecular weight is 291 g/mol. The van der Waals surface area contributed by atoms with E-state index in [1.807, 2.05) is 23.9 Å². The maximum absolute atomic E-state index is 11.8. The Kier molecular flexibility index (Phi) is 5.67. The summed E-state index contributed by atoms with van der Waals surface area (Å²) >= 11 is 1.91. The zero-order valence-electron chi connectivity index (χ0n) is 12.8. The Bertz CT molecular complexity index is 466. The molecule has 1 unspecified atom stereocenters. The SMILES string of the molecule is CCCN(CCC)C1CSc2cccc(C(C)=O)c2C1. The Labute approximate surface area is 126 Å². The molecule has 0 spiro atoms. The molecule has 1 heterocycles. The van der Waals surface area contributed by atoms with Crippen LogP contribution in [0.1, 0.15) is 49.5 Å².